The number of aromatic hydroxyl groups is 11. The van der Waals surface area contributed by atoms with Crippen LogP contribution in [-0.4, -0.2) is 128 Å². The molecule has 13 N–H and O–H groups in total. The number of phenols is 11. The molecule has 1 fully saturated rings. The maximum absolute atomic E-state index is 13.9. The number of aliphatic hydroxyl groups is 2. The summed E-state index contributed by atoms with van der Waals surface area (Å²) >= 11 is 0. The largest absolute Gasteiger partial charge is 0.504 e. The minimum absolute atomic E-state index is 0.423. The number of aliphatic hydroxyl groups excluding tert-OH is 2. The van der Waals surface area contributed by atoms with Crippen molar-refractivity contribution in [2.24, 2.45) is 0 Å². The molecule has 0 amide bonds. The molecule has 22 heteroatoms. The van der Waals surface area contributed by atoms with E-state index in [1.54, 1.807) is 0 Å². The average molecular weight is 787 g/mol. The summed E-state index contributed by atoms with van der Waals surface area (Å²) in [4.78, 5) is 53.4. The van der Waals surface area contributed by atoms with Crippen molar-refractivity contribution in [3.8, 4) is 80.1 Å². The Hall–Kier alpha value is -7.56. The standard InChI is InChI=1S/C34H26O22/c35-12-1-8(2-13(36)21(12)41)30(48)54-28-17(40)6-11-20(26(28)46)19-10(5-16(39)23(43)25(19)45)32(50)52-7-18-24(44)29(55-33(11)51)27(47)34(53-18)56-31(49)9-3-14(37)22(42)15(38)4-9/h1-6,18,24,27,29,34-47H,7H2. The van der Waals surface area contributed by atoms with Crippen molar-refractivity contribution < 1.29 is 109 Å². The Morgan fingerprint density at radius 1 is 0.571 bits per heavy atom. The first-order valence-electron chi connectivity index (χ1n) is 15.5. The van der Waals surface area contributed by atoms with Crippen molar-refractivity contribution in [2.75, 3.05) is 6.61 Å². The summed E-state index contributed by atoms with van der Waals surface area (Å²) in [7, 11) is 0. The van der Waals surface area contributed by atoms with Gasteiger partial charge in [-0.2, -0.15) is 0 Å². The van der Waals surface area contributed by atoms with Crippen LogP contribution in [0.25, 0.3) is 11.1 Å². The van der Waals surface area contributed by atoms with Crippen molar-refractivity contribution in [3.05, 3.63) is 58.7 Å². The number of hydrogen-bond acceptors (Lipinski definition) is 22. The van der Waals surface area contributed by atoms with Crippen LogP contribution in [0.15, 0.2) is 36.4 Å². The number of benzene rings is 4. The summed E-state index contributed by atoms with van der Waals surface area (Å²) in [5.41, 5.74) is -5.43. The van der Waals surface area contributed by atoms with E-state index in [2.05, 4.69) is 0 Å². The van der Waals surface area contributed by atoms with Crippen LogP contribution in [0, 0.1) is 0 Å². The van der Waals surface area contributed by atoms with E-state index in [0.29, 0.717) is 36.4 Å². The number of cyclic esters (lactones) is 1. The van der Waals surface area contributed by atoms with Crippen LogP contribution < -0.4 is 4.74 Å². The Morgan fingerprint density at radius 2 is 1.05 bits per heavy atom. The lowest BCUT2D eigenvalue weighted by Crippen LogP contribution is -2.61. The van der Waals surface area contributed by atoms with E-state index in [1.807, 2.05) is 0 Å². The van der Waals surface area contributed by atoms with Crippen LogP contribution in [0.1, 0.15) is 41.4 Å². The van der Waals surface area contributed by atoms with Gasteiger partial charge in [0.25, 0.3) is 0 Å². The third-order valence-corrected chi connectivity index (χ3v) is 8.47. The summed E-state index contributed by atoms with van der Waals surface area (Å²) in [5.74, 6) is -20.1. The van der Waals surface area contributed by atoms with Gasteiger partial charge in [-0.3, -0.25) is 0 Å². The van der Waals surface area contributed by atoms with Gasteiger partial charge in [0.2, 0.25) is 17.8 Å². The van der Waals surface area contributed by atoms with Crippen molar-refractivity contribution >= 4 is 23.9 Å². The predicted molar refractivity (Wildman–Crippen MR) is 174 cm³/mol. The zero-order valence-corrected chi connectivity index (χ0v) is 27.5. The Morgan fingerprint density at radius 3 is 1.62 bits per heavy atom. The summed E-state index contributed by atoms with van der Waals surface area (Å²) in [6.45, 7) is -1.04. The highest BCUT2D eigenvalue weighted by Gasteiger charge is 2.50. The summed E-state index contributed by atoms with van der Waals surface area (Å²) in [5, 5.41) is 135. The van der Waals surface area contributed by atoms with Gasteiger partial charge in [-0.25, -0.2) is 19.2 Å². The molecule has 0 aliphatic carbocycles. The highest BCUT2D eigenvalue weighted by Crippen LogP contribution is 2.53. The zero-order chi connectivity index (χ0) is 41.1. The van der Waals surface area contributed by atoms with Crippen molar-refractivity contribution in [1.82, 2.24) is 0 Å². The first-order valence-corrected chi connectivity index (χ1v) is 15.5. The van der Waals surface area contributed by atoms with Crippen LogP contribution in [0.4, 0.5) is 0 Å². The topological polar surface area (TPSA) is 377 Å². The summed E-state index contributed by atoms with van der Waals surface area (Å²) in [6, 6.07) is 3.44. The van der Waals surface area contributed by atoms with Crippen molar-refractivity contribution in [2.45, 2.75) is 30.7 Å². The summed E-state index contributed by atoms with van der Waals surface area (Å²) < 4.78 is 26.1. The maximum atomic E-state index is 13.9. The van der Waals surface area contributed by atoms with Gasteiger partial charge in [0.15, 0.2) is 69.7 Å². The lowest BCUT2D eigenvalue weighted by atomic mass is 9.91. The van der Waals surface area contributed by atoms with Crippen LogP contribution in [0.3, 0.4) is 0 Å². The van der Waals surface area contributed by atoms with Crippen LogP contribution in [-0.2, 0) is 18.9 Å². The second-order valence-electron chi connectivity index (χ2n) is 12.0. The number of carbonyl (C=O) groups excluding carboxylic acids is 4. The second-order valence-corrected chi connectivity index (χ2v) is 12.0. The van der Waals surface area contributed by atoms with Gasteiger partial charge in [0.1, 0.15) is 18.8 Å². The number of hydrogen-bond donors (Lipinski definition) is 13. The van der Waals surface area contributed by atoms with Gasteiger partial charge in [0.05, 0.1) is 22.3 Å². The molecule has 1 saturated heterocycles. The molecule has 294 valence electrons. The number of phenolic OH excluding ortho intramolecular Hbond substituents is 11. The molecular formula is C34H26O22. The van der Waals surface area contributed by atoms with Gasteiger partial charge in [-0.05, 0) is 36.4 Å². The van der Waals surface area contributed by atoms with Crippen molar-refractivity contribution in [3.63, 3.8) is 0 Å². The van der Waals surface area contributed by atoms with Crippen LogP contribution >= 0.6 is 0 Å². The lowest BCUT2D eigenvalue weighted by Gasteiger charge is -2.41. The highest BCUT2D eigenvalue weighted by molar-refractivity contribution is 6.09. The third-order valence-electron chi connectivity index (χ3n) is 8.47. The first-order chi connectivity index (χ1) is 26.3. The highest BCUT2D eigenvalue weighted by atomic mass is 16.7. The Bertz CT molecular complexity index is 2290. The minimum atomic E-state index is -2.32. The molecule has 2 heterocycles. The number of esters is 4. The molecule has 0 saturated carbocycles. The molecule has 6 rings (SSSR count). The second kappa shape index (κ2) is 14.0. The van der Waals surface area contributed by atoms with Crippen LogP contribution in [0.5, 0.6) is 69.0 Å². The van der Waals surface area contributed by atoms with Crippen molar-refractivity contribution in [1.29, 1.82) is 0 Å². The molecule has 4 aromatic rings. The van der Waals surface area contributed by atoms with Gasteiger partial charge < -0.3 is 90.1 Å². The fourth-order valence-corrected chi connectivity index (χ4v) is 5.68. The first kappa shape index (κ1) is 38.2. The molecule has 2 bridgehead atoms. The monoisotopic (exact) mass is 786 g/mol. The SMILES string of the molecule is O=C(Oc1c(O)cc2c(c1O)-c1c(cc(O)c(O)c1O)C(=O)OCC1OC(OC(=O)c3cc(O)c(O)c(O)c3)C(O)C(OC2=O)C1O)c1cc(O)c(O)c(O)c1. The molecule has 2 aliphatic rings. The molecule has 0 aromatic heterocycles. The Balaban J connectivity index is 1.47. The molecule has 2 aliphatic heterocycles. The Kier molecular flexibility index (Phi) is 9.55. The van der Waals surface area contributed by atoms with E-state index >= 15 is 0 Å². The zero-order valence-electron chi connectivity index (χ0n) is 27.5. The minimum Gasteiger partial charge on any atom is -0.504 e. The molecule has 56 heavy (non-hydrogen) atoms. The molecular weight excluding hydrogens is 760 g/mol. The summed E-state index contributed by atoms with van der Waals surface area (Å²) in [6.07, 6.45) is -10.7. The Labute approximate surface area is 309 Å². The average Bonchev–Trinajstić information content (AvgIpc) is 3.14. The fourth-order valence-electron chi connectivity index (χ4n) is 5.68. The van der Waals surface area contributed by atoms with E-state index in [-0.39, 0.29) is 0 Å². The van der Waals surface area contributed by atoms with Gasteiger partial charge in [0, 0.05) is 11.1 Å². The molecule has 5 atom stereocenters. The normalized spacial score (nSPS) is 20.6. The number of carbonyl (C=O) groups is 4. The molecule has 0 spiro atoms. The number of rotatable bonds is 4. The van der Waals surface area contributed by atoms with Crippen LogP contribution in [0.2, 0.25) is 0 Å². The van der Waals surface area contributed by atoms with E-state index in [9.17, 15) is 85.6 Å². The maximum Gasteiger partial charge on any atom is 0.344 e. The smallest absolute Gasteiger partial charge is 0.344 e. The van der Waals surface area contributed by atoms with Gasteiger partial charge in [-0.15, -0.1) is 0 Å². The fraction of sp³-hybridized carbons (Fsp3) is 0.176. The third kappa shape index (κ3) is 6.50. The molecule has 22 nitrogen and oxygen atoms in total. The number of fused-ring (bicyclic) bond motifs is 5. The quantitative estimate of drug-likeness (QED) is 0.0573. The lowest BCUT2D eigenvalue weighted by molar-refractivity contribution is -0.284. The molecule has 5 unspecified atom stereocenters. The predicted octanol–water partition coefficient (Wildman–Crippen LogP) is 0.334. The van der Waals surface area contributed by atoms with Gasteiger partial charge in [-0.1, -0.05) is 0 Å². The van der Waals surface area contributed by atoms with E-state index in [1.165, 1.54) is 0 Å². The van der Waals surface area contributed by atoms with E-state index < -0.39 is 164 Å². The van der Waals surface area contributed by atoms with E-state index in [4.69, 9.17) is 23.7 Å². The molecule has 0 radical (unpaired) electrons. The number of ether oxygens (including phenoxy) is 5. The van der Waals surface area contributed by atoms with E-state index in [0.717, 1.165) is 0 Å². The molecule has 4 aromatic carbocycles. The van der Waals surface area contributed by atoms with Gasteiger partial charge >= 0.3 is 23.9 Å².